The van der Waals surface area contributed by atoms with Crippen LogP contribution in [0.4, 0.5) is 13.6 Å². The number of hydrogen-bond donors (Lipinski definition) is 2. The molecule has 0 bridgehead atoms. The van der Waals surface area contributed by atoms with Gasteiger partial charge in [-0.05, 0) is 75.9 Å². The summed E-state index contributed by atoms with van der Waals surface area (Å²) in [7, 11) is 0. The van der Waals surface area contributed by atoms with Gasteiger partial charge in [-0.2, -0.15) is 0 Å². The number of carbonyl (C=O) groups is 4. The molecule has 6 heterocycles. The number of rotatable bonds is 15. The van der Waals surface area contributed by atoms with Crippen LogP contribution in [-0.2, 0) is 28.6 Å². The first kappa shape index (κ1) is 47.1. The van der Waals surface area contributed by atoms with Gasteiger partial charge in [0.05, 0.1) is 41.5 Å². The van der Waals surface area contributed by atoms with Crippen LogP contribution in [0, 0.1) is 30.9 Å². The second-order valence-corrected chi connectivity index (χ2v) is 18.8. The molecule has 8 rings (SSSR count). The number of carbonyl (C=O) groups excluding carboxylic acids is 4. The standard InChI is InChI=1S/C47H51F2N9O7S2/c1-7-63-43(59)35-33(52-39(41-50-15-19-66-41)54-37(35)29-11-9-13-31(48)26(29)3)23-56-17-18-58-28(21-56)22-57(46(58)62)25-47(5,6)45(61)65-24-34-36(44(60)64-8-2)38(30-12-10-14-32(49)27(30)4)55-40(53-34)42-51-16-20-67-42/h9-16,19-20,28,37-38H,7-8,17-18,21-25H2,1-6H3,(H,52,54)(H,53,55)/t28-,37?,38-/m0/s1. The number of amides is 2. The molecule has 0 spiro atoms. The number of nitrogens with one attached hydrogen (secondary N) is 2. The fraction of sp³-hybridized carbons (Fsp3) is 0.404. The molecule has 16 nitrogen and oxygen atoms in total. The van der Waals surface area contributed by atoms with Gasteiger partial charge < -0.3 is 34.6 Å². The molecule has 1 unspecified atom stereocenters. The predicted octanol–water partition coefficient (Wildman–Crippen LogP) is 6.00. The summed E-state index contributed by atoms with van der Waals surface area (Å²) in [5, 5.41) is 11.2. The van der Waals surface area contributed by atoms with Crippen molar-refractivity contribution in [2.45, 2.75) is 59.7 Å². The van der Waals surface area contributed by atoms with Crippen LogP contribution in [-0.4, -0.2) is 125 Å². The number of fused-ring (bicyclic) bond motifs is 1. The van der Waals surface area contributed by atoms with E-state index in [2.05, 4.69) is 25.5 Å². The van der Waals surface area contributed by atoms with Crippen molar-refractivity contribution in [2.75, 3.05) is 59.1 Å². The molecule has 2 amide bonds. The van der Waals surface area contributed by atoms with Gasteiger partial charge in [0, 0.05) is 68.1 Å². The summed E-state index contributed by atoms with van der Waals surface area (Å²) in [6.07, 6.45) is 3.27. The topological polar surface area (TPSA) is 180 Å². The largest absolute Gasteiger partial charge is 0.463 e. The van der Waals surface area contributed by atoms with E-state index in [4.69, 9.17) is 24.2 Å². The van der Waals surface area contributed by atoms with Crippen LogP contribution < -0.4 is 10.6 Å². The minimum Gasteiger partial charge on any atom is -0.463 e. The quantitative estimate of drug-likeness (QED) is 0.105. The fourth-order valence-corrected chi connectivity index (χ4v) is 9.91. The monoisotopic (exact) mass is 955 g/mol. The number of amidine groups is 2. The van der Waals surface area contributed by atoms with Crippen LogP contribution >= 0.6 is 22.7 Å². The first-order valence-corrected chi connectivity index (χ1v) is 23.7. The summed E-state index contributed by atoms with van der Waals surface area (Å²) in [5.74, 6) is -2.02. The number of thiazole rings is 2. The number of hydrogen-bond acceptors (Lipinski definition) is 16. The highest BCUT2D eigenvalue weighted by Crippen LogP contribution is 2.38. The number of esters is 3. The Labute approximate surface area is 394 Å². The molecule has 2 N–H and O–H groups in total. The lowest BCUT2D eigenvalue weighted by atomic mass is 9.92. The van der Waals surface area contributed by atoms with Gasteiger partial charge in [0.1, 0.15) is 30.3 Å². The SMILES string of the molecule is CCOC(=O)C1=C(CN2CCN3C(=O)N(CC(C)(C)C(=O)OCC4=C(C(=O)OCC)[C@H](c5cccc(F)c5C)N=C(c5nccs5)N4)C[C@@H]3C2)NC(c2nccs2)=NC1c1cccc(F)c1C. The molecule has 4 aliphatic rings. The van der Waals surface area contributed by atoms with E-state index in [0.717, 1.165) is 0 Å². The molecule has 352 valence electrons. The van der Waals surface area contributed by atoms with Gasteiger partial charge in [-0.3, -0.25) is 19.7 Å². The Morgan fingerprint density at radius 3 is 1.84 bits per heavy atom. The molecule has 0 radical (unpaired) electrons. The van der Waals surface area contributed by atoms with Gasteiger partial charge in [0.15, 0.2) is 21.7 Å². The molecule has 3 atom stereocenters. The maximum Gasteiger partial charge on any atom is 0.338 e. The van der Waals surface area contributed by atoms with Gasteiger partial charge in [0.25, 0.3) is 0 Å². The van der Waals surface area contributed by atoms with Crippen molar-refractivity contribution in [2.24, 2.45) is 15.4 Å². The molecule has 2 aromatic heterocycles. The Kier molecular flexibility index (Phi) is 14.0. The van der Waals surface area contributed by atoms with Crippen LogP contribution in [0.2, 0.25) is 0 Å². The third kappa shape index (κ3) is 9.73. The van der Waals surface area contributed by atoms with Crippen molar-refractivity contribution in [1.29, 1.82) is 0 Å². The summed E-state index contributed by atoms with van der Waals surface area (Å²) in [6.45, 7) is 11.8. The molecule has 0 aliphatic carbocycles. The second kappa shape index (κ2) is 19.8. The van der Waals surface area contributed by atoms with Crippen molar-refractivity contribution in [1.82, 2.24) is 35.3 Å². The van der Waals surface area contributed by atoms with Gasteiger partial charge in [-0.15, -0.1) is 22.7 Å². The van der Waals surface area contributed by atoms with Crippen molar-refractivity contribution in [3.63, 3.8) is 0 Å². The number of urea groups is 1. The third-order valence-electron chi connectivity index (χ3n) is 12.1. The first-order valence-electron chi connectivity index (χ1n) is 21.9. The highest BCUT2D eigenvalue weighted by atomic mass is 32.1. The van der Waals surface area contributed by atoms with Crippen LogP contribution in [0.25, 0.3) is 0 Å². The normalized spacial score (nSPS) is 19.9. The zero-order valence-corrected chi connectivity index (χ0v) is 39.6. The van der Waals surface area contributed by atoms with E-state index in [0.29, 0.717) is 75.8 Å². The summed E-state index contributed by atoms with van der Waals surface area (Å²) in [5.41, 5.74) is 1.52. The average molecular weight is 956 g/mol. The smallest absolute Gasteiger partial charge is 0.338 e. The van der Waals surface area contributed by atoms with Crippen molar-refractivity contribution in [3.05, 3.63) is 126 Å². The van der Waals surface area contributed by atoms with E-state index in [-0.39, 0.29) is 61.8 Å². The van der Waals surface area contributed by atoms with E-state index < -0.39 is 47.0 Å². The Balaban J connectivity index is 0.989. The number of nitrogens with zero attached hydrogens (tertiary/aromatic N) is 7. The molecular formula is C47H51F2N9O7S2. The van der Waals surface area contributed by atoms with Gasteiger partial charge in [-0.1, -0.05) is 24.3 Å². The van der Waals surface area contributed by atoms with Crippen molar-refractivity contribution < 1.29 is 42.2 Å². The lowest BCUT2D eigenvalue weighted by molar-refractivity contribution is -0.153. The molecule has 67 heavy (non-hydrogen) atoms. The zero-order chi connectivity index (χ0) is 47.6. The molecule has 2 saturated heterocycles. The molecule has 4 aliphatic heterocycles. The maximum atomic E-state index is 15.0. The number of aliphatic imine (C=N–C) groups is 2. The first-order chi connectivity index (χ1) is 32.2. The van der Waals surface area contributed by atoms with Gasteiger partial charge in [-0.25, -0.2) is 33.1 Å². The average Bonchev–Trinajstić information content (AvgIpc) is 4.11. The van der Waals surface area contributed by atoms with Crippen LogP contribution in [0.5, 0.6) is 0 Å². The molecule has 20 heteroatoms. The van der Waals surface area contributed by atoms with Crippen molar-refractivity contribution in [3.8, 4) is 0 Å². The number of halogens is 2. The number of aromatic nitrogens is 2. The number of benzene rings is 2. The second-order valence-electron chi connectivity index (χ2n) is 17.0. The van der Waals surface area contributed by atoms with E-state index in [1.807, 2.05) is 5.38 Å². The van der Waals surface area contributed by atoms with Gasteiger partial charge >= 0.3 is 23.9 Å². The minimum absolute atomic E-state index is 0.0355. The lowest BCUT2D eigenvalue weighted by Gasteiger charge is -2.38. The third-order valence-corrected chi connectivity index (χ3v) is 13.7. The van der Waals surface area contributed by atoms with Gasteiger partial charge in [0.2, 0.25) is 0 Å². The Bertz CT molecular complexity index is 2690. The molecule has 0 saturated carbocycles. The Morgan fingerprint density at radius 2 is 1.31 bits per heavy atom. The van der Waals surface area contributed by atoms with Crippen LogP contribution in [0.1, 0.15) is 72.0 Å². The number of ether oxygens (including phenoxy) is 3. The molecule has 4 aromatic rings. The molecular weight excluding hydrogens is 905 g/mol. The predicted molar refractivity (Wildman–Crippen MR) is 247 cm³/mol. The summed E-state index contributed by atoms with van der Waals surface area (Å²) < 4.78 is 46.9. The van der Waals surface area contributed by atoms with Crippen LogP contribution in [0.15, 0.2) is 92.1 Å². The van der Waals surface area contributed by atoms with E-state index in [1.165, 1.54) is 34.8 Å². The minimum atomic E-state index is -1.20. The van der Waals surface area contributed by atoms with E-state index >= 15 is 0 Å². The van der Waals surface area contributed by atoms with Crippen LogP contribution in [0.3, 0.4) is 0 Å². The summed E-state index contributed by atoms with van der Waals surface area (Å²) in [4.78, 5) is 79.6. The zero-order valence-electron chi connectivity index (χ0n) is 37.9. The van der Waals surface area contributed by atoms with Crippen molar-refractivity contribution >= 4 is 58.3 Å². The molecule has 2 fully saturated rings. The van der Waals surface area contributed by atoms with E-state index in [1.54, 1.807) is 93.4 Å². The highest BCUT2D eigenvalue weighted by Gasteiger charge is 2.45. The highest BCUT2D eigenvalue weighted by molar-refractivity contribution is 7.12. The Morgan fingerprint density at radius 1 is 0.776 bits per heavy atom. The molecule has 2 aromatic carbocycles. The Hall–Kier alpha value is -6.38. The number of piperazine rings is 1. The summed E-state index contributed by atoms with van der Waals surface area (Å²) in [6, 6.07) is 6.96. The summed E-state index contributed by atoms with van der Waals surface area (Å²) >= 11 is 2.69. The fourth-order valence-electron chi connectivity index (χ4n) is 8.73. The lowest BCUT2D eigenvalue weighted by Crippen LogP contribution is -2.53. The maximum absolute atomic E-state index is 15.0. The van der Waals surface area contributed by atoms with E-state index in [9.17, 15) is 28.0 Å².